The van der Waals surface area contributed by atoms with E-state index in [2.05, 4.69) is 20.4 Å². The quantitative estimate of drug-likeness (QED) is 0.442. The van der Waals surface area contributed by atoms with Gasteiger partial charge in [0.2, 0.25) is 5.95 Å². The lowest BCUT2D eigenvalue weighted by molar-refractivity contribution is -0.126. The number of thiophene rings is 1. The molecule has 1 saturated heterocycles. The Bertz CT molecular complexity index is 1430. The van der Waals surface area contributed by atoms with Crippen molar-refractivity contribution < 1.29 is 13.9 Å². The van der Waals surface area contributed by atoms with Gasteiger partial charge in [0, 0.05) is 29.6 Å². The average Bonchev–Trinajstić information content (AvgIpc) is 3.45. The van der Waals surface area contributed by atoms with Gasteiger partial charge in [-0.15, -0.1) is 11.3 Å². The first-order chi connectivity index (χ1) is 16.4. The van der Waals surface area contributed by atoms with E-state index < -0.39 is 11.4 Å². The minimum absolute atomic E-state index is 0.108. The van der Waals surface area contributed by atoms with Gasteiger partial charge in [-0.3, -0.25) is 9.48 Å². The summed E-state index contributed by atoms with van der Waals surface area (Å²) in [6.07, 6.45) is 2.76. The molecule has 1 spiro atoms. The molecule has 0 unspecified atom stereocenters. The third-order valence-corrected chi connectivity index (χ3v) is 7.67. The van der Waals surface area contributed by atoms with Crippen LogP contribution in [-0.2, 0) is 23.9 Å². The molecule has 0 radical (unpaired) electrons. The fourth-order valence-corrected chi connectivity index (χ4v) is 5.83. The summed E-state index contributed by atoms with van der Waals surface area (Å²) in [6, 6.07) is 10.9. The lowest BCUT2D eigenvalue weighted by atomic mass is 9.95. The van der Waals surface area contributed by atoms with Crippen LogP contribution < -0.4 is 5.32 Å². The number of rotatable bonds is 5. The topological polar surface area (TPSA) is 85.2 Å². The summed E-state index contributed by atoms with van der Waals surface area (Å²) in [5.41, 5.74) is 1.08. The number of nitrogens with zero attached hydrogens (tertiary/aromatic N) is 5. The first-order valence-electron chi connectivity index (χ1n) is 10.5. The number of fused-ring (bicyclic) bond motifs is 2. The summed E-state index contributed by atoms with van der Waals surface area (Å²) in [7, 11) is 1.78. The van der Waals surface area contributed by atoms with Gasteiger partial charge in [0.15, 0.2) is 5.82 Å². The van der Waals surface area contributed by atoms with Gasteiger partial charge in [0.1, 0.15) is 17.1 Å². The number of halogens is 2. The van der Waals surface area contributed by atoms with Crippen molar-refractivity contribution in [2.24, 2.45) is 7.05 Å². The number of hydrogen-bond acceptors (Lipinski definition) is 7. The van der Waals surface area contributed by atoms with Gasteiger partial charge in [-0.25, -0.2) is 14.4 Å². The normalized spacial score (nSPS) is 16.1. The first-order valence-corrected chi connectivity index (χ1v) is 11.7. The molecule has 0 atom stereocenters. The van der Waals surface area contributed by atoms with Crippen LogP contribution in [-0.4, -0.2) is 43.8 Å². The number of nitrogens with one attached hydrogen (secondary N) is 1. The van der Waals surface area contributed by atoms with Crippen LogP contribution in [0, 0.1) is 5.82 Å². The summed E-state index contributed by atoms with van der Waals surface area (Å²) in [5.74, 6) is 0.244. The molecule has 6 rings (SSSR count). The highest BCUT2D eigenvalue weighted by atomic mass is 35.5. The molecule has 1 aromatic carbocycles. The number of ether oxygens (including phenoxy) is 1. The highest BCUT2D eigenvalue weighted by Crippen LogP contribution is 2.50. The van der Waals surface area contributed by atoms with Crippen molar-refractivity contribution in [3.05, 3.63) is 75.6 Å². The van der Waals surface area contributed by atoms with Crippen LogP contribution in [0.25, 0.3) is 10.6 Å². The van der Waals surface area contributed by atoms with E-state index in [0.717, 1.165) is 16.6 Å². The summed E-state index contributed by atoms with van der Waals surface area (Å²) < 4.78 is 21.9. The van der Waals surface area contributed by atoms with E-state index in [4.69, 9.17) is 16.3 Å². The lowest BCUT2D eigenvalue weighted by Gasteiger charge is -2.45. The van der Waals surface area contributed by atoms with Crippen LogP contribution in [0.1, 0.15) is 20.8 Å². The second-order valence-electron chi connectivity index (χ2n) is 8.25. The van der Waals surface area contributed by atoms with E-state index >= 15 is 0 Å². The van der Waals surface area contributed by atoms with Crippen molar-refractivity contribution in [3.8, 4) is 10.6 Å². The number of anilines is 2. The zero-order valence-corrected chi connectivity index (χ0v) is 19.5. The predicted octanol–water partition coefficient (Wildman–Crippen LogP) is 4.36. The second kappa shape index (κ2) is 7.86. The Hall–Kier alpha value is -3.34. The zero-order valence-electron chi connectivity index (χ0n) is 18.0. The second-order valence-corrected chi connectivity index (χ2v) is 9.74. The van der Waals surface area contributed by atoms with Gasteiger partial charge >= 0.3 is 0 Å². The van der Waals surface area contributed by atoms with Crippen molar-refractivity contribution in [3.63, 3.8) is 0 Å². The van der Waals surface area contributed by atoms with E-state index in [1.165, 1.54) is 11.3 Å². The lowest BCUT2D eigenvalue weighted by Crippen LogP contribution is -2.56. The van der Waals surface area contributed by atoms with Gasteiger partial charge in [0.25, 0.3) is 5.91 Å². The van der Waals surface area contributed by atoms with Gasteiger partial charge in [-0.05, 0) is 23.8 Å². The van der Waals surface area contributed by atoms with Gasteiger partial charge in [0.05, 0.1) is 36.0 Å². The first kappa shape index (κ1) is 21.2. The molecule has 8 nitrogen and oxygen atoms in total. The number of hydrogen-bond donors (Lipinski definition) is 1. The van der Waals surface area contributed by atoms with Crippen LogP contribution in [0.3, 0.4) is 0 Å². The Morgan fingerprint density at radius 3 is 2.85 bits per heavy atom. The minimum Gasteiger partial charge on any atom is -0.376 e. The fraction of sp³-hybridized carbons (Fsp3) is 0.217. The molecule has 1 N–H and O–H groups in total. The molecule has 1 fully saturated rings. The third-order valence-electron chi connectivity index (χ3n) is 6.10. The molecule has 2 aliphatic rings. The van der Waals surface area contributed by atoms with Crippen molar-refractivity contribution in [1.82, 2.24) is 24.6 Å². The molecule has 2 aliphatic heterocycles. The maximum atomic E-state index is 14.8. The number of carbonyl (C=O) groups is 1. The molecule has 4 aromatic rings. The van der Waals surface area contributed by atoms with Crippen LogP contribution >= 0.6 is 22.9 Å². The Kier molecular flexibility index (Phi) is 4.91. The molecule has 5 heterocycles. The molecule has 0 bridgehead atoms. The Balaban J connectivity index is 1.34. The molecular weight excluding hydrogens is 479 g/mol. The van der Waals surface area contributed by atoms with Crippen molar-refractivity contribution in [2.75, 3.05) is 18.5 Å². The fourth-order valence-electron chi connectivity index (χ4n) is 4.31. The van der Waals surface area contributed by atoms with Crippen molar-refractivity contribution in [2.45, 2.75) is 12.1 Å². The highest BCUT2D eigenvalue weighted by molar-refractivity contribution is 7.16. The van der Waals surface area contributed by atoms with Crippen LogP contribution in [0.2, 0.25) is 5.02 Å². The van der Waals surface area contributed by atoms with E-state index in [1.54, 1.807) is 36.1 Å². The Morgan fingerprint density at radius 1 is 1.29 bits per heavy atom. The monoisotopic (exact) mass is 496 g/mol. The molecule has 1 amide bonds. The van der Waals surface area contributed by atoms with E-state index in [0.29, 0.717) is 41.0 Å². The Morgan fingerprint density at radius 2 is 2.15 bits per heavy atom. The number of amides is 1. The summed E-state index contributed by atoms with van der Waals surface area (Å²) >= 11 is 7.51. The molecule has 172 valence electrons. The average molecular weight is 497 g/mol. The molecule has 34 heavy (non-hydrogen) atoms. The highest BCUT2D eigenvalue weighted by Gasteiger charge is 2.56. The van der Waals surface area contributed by atoms with Crippen LogP contribution in [0.5, 0.6) is 0 Å². The summed E-state index contributed by atoms with van der Waals surface area (Å²) in [4.78, 5) is 25.1. The maximum Gasteiger partial charge on any atom is 0.256 e. The largest absolute Gasteiger partial charge is 0.376 e. The van der Waals surface area contributed by atoms with E-state index in [9.17, 15) is 9.18 Å². The molecule has 0 aliphatic carbocycles. The molecule has 3 aromatic heterocycles. The SMILES string of the molecule is Cn1nccc1Nc1ncc(F)c(-c2cc3c(s2)C2(COC2)N(Cc2cccc(Cl)c2)C3=O)n1. The molecule has 0 saturated carbocycles. The third kappa shape index (κ3) is 3.29. The van der Waals surface area contributed by atoms with Gasteiger partial charge in [-0.1, -0.05) is 23.7 Å². The van der Waals surface area contributed by atoms with Crippen molar-refractivity contribution in [1.29, 1.82) is 0 Å². The zero-order chi connectivity index (χ0) is 23.4. The number of aromatic nitrogens is 4. The predicted molar refractivity (Wildman–Crippen MR) is 126 cm³/mol. The molecule has 11 heteroatoms. The van der Waals surface area contributed by atoms with Gasteiger partial charge < -0.3 is 15.0 Å². The number of benzene rings is 1. The standard InChI is InChI=1S/C23H18ClFN6O2S/c1-30-18(5-6-27-30)28-22-26-9-16(25)19(29-22)17-8-15-20(34-17)23(11-33-12-23)31(21(15)32)10-13-3-2-4-14(24)7-13/h2-9H,10-12H2,1H3,(H,26,28,29). The van der Waals surface area contributed by atoms with Crippen LogP contribution in [0.15, 0.2) is 48.8 Å². The van der Waals surface area contributed by atoms with E-state index in [-0.39, 0.29) is 17.5 Å². The summed E-state index contributed by atoms with van der Waals surface area (Å²) in [5, 5.41) is 7.75. The van der Waals surface area contributed by atoms with Gasteiger partial charge in [-0.2, -0.15) is 5.10 Å². The summed E-state index contributed by atoms with van der Waals surface area (Å²) in [6.45, 7) is 1.21. The minimum atomic E-state index is -0.559. The van der Waals surface area contributed by atoms with Crippen LogP contribution in [0.4, 0.5) is 16.2 Å². The van der Waals surface area contributed by atoms with Crippen molar-refractivity contribution >= 4 is 40.6 Å². The number of aryl methyl sites for hydroxylation is 1. The number of carbonyl (C=O) groups excluding carboxylic acids is 1. The smallest absolute Gasteiger partial charge is 0.256 e. The van der Waals surface area contributed by atoms with E-state index in [1.807, 2.05) is 23.1 Å². The molecular formula is C23H18ClFN6O2S. The Labute approximate surface area is 203 Å². The maximum absolute atomic E-state index is 14.8.